The maximum Gasteiger partial charge on any atom is 0.293 e. The minimum Gasteiger partial charge on any atom is -0.393 e. The van der Waals surface area contributed by atoms with Crippen LogP contribution >= 0.6 is 0 Å². The van der Waals surface area contributed by atoms with Gasteiger partial charge in [-0.3, -0.25) is 14.9 Å². The third-order valence-electron chi connectivity index (χ3n) is 3.47. The van der Waals surface area contributed by atoms with Gasteiger partial charge in [-0.2, -0.15) is 0 Å². The van der Waals surface area contributed by atoms with Crippen LogP contribution in [0, 0.1) is 23.0 Å². The van der Waals surface area contributed by atoms with Crippen molar-refractivity contribution < 1.29 is 9.72 Å². The monoisotopic (exact) mass is 278 g/mol. The lowest BCUT2D eigenvalue weighted by atomic mass is 10.1. The van der Waals surface area contributed by atoms with Crippen LogP contribution in [0.3, 0.4) is 0 Å². The van der Waals surface area contributed by atoms with Crippen molar-refractivity contribution in [3.05, 3.63) is 33.4 Å². The number of nitrogens with one attached hydrogen (secondary N) is 1. The molecule has 0 saturated heterocycles. The molecule has 1 amide bonds. The van der Waals surface area contributed by atoms with Crippen molar-refractivity contribution in [2.24, 2.45) is 11.7 Å². The van der Waals surface area contributed by atoms with E-state index >= 15 is 0 Å². The number of carbonyl (C=O) groups is 1. The first-order valence-electron chi connectivity index (χ1n) is 6.48. The molecule has 1 atom stereocenters. The summed E-state index contributed by atoms with van der Waals surface area (Å²) in [6.45, 7) is 2.03. The number of nitrogen functional groups attached to an aromatic ring is 1. The zero-order valence-corrected chi connectivity index (χ0v) is 11.3. The van der Waals surface area contributed by atoms with E-state index in [-0.39, 0.29) is 23.0 Å². The van der Waals surface area contributed by atoms with E-state index in [9.17, 15) is 14.9 Å². The number of nitrogens with zero attached hydrogens (tertiary/aromatic N) is 1. The van der Waals surface area contributed by atoms with Gasteiger partial charge < -0.3 is 16.8 Å². The van der Waals surface area contributed by atoms with Gasteiger partial charge >= 0.3 is 0 Å². The Morgan fingerprint density at radius 3 is 2.75 bits per heavy atom. The van der Waals surface area contributed by atoms with Crippen LogP contribution in [0.5, 0.6) is 0 Å². The minimum atomic E-state index is -0.588. The van der Waals surface area contributed by atoms with Crippen molar-refractivity contribution in [3.8, 4) is 0 Å². The van der Waals surface area contributed by atoms with E-state index in [1.165, 1.54) is 6.07 Å². The molecule has 1 aliphatic carbocycles. The van der Waals surface area contributed by atoms with Gasteiger partial charge in [0.25, 0.3) is 11.6 Å². The number of nitrogens with two attached hydrogens (primary N) is 2. The molecule has 0 spiro atoms. The van der Waals surface area contributed by atoms with Crippen LogP contribution in [0.25, 0.3) is 0 Å². The molecule has 1 aromatic carbocycles. The molecule has 1 fully saturated rings. The van der Waals surface area contributed by atoms with Gasteiger partial charge in [0.2, 0.25) is 0 Å². The number of benzene rings is 1. The molecule has 0 heterocycles. The predicted molar refractivity (Wildman–Crippen MR) is 75.3 cm³/mol. The van der Waals surface area contributed by atoms with Crippen LogP contribution in [0.15, 0.2) is 12.1 Å². The molecule has 1 saturated carbocycles. The zero-order valence-electron chi connectivity index (χ0n) is 11.3. The van der Waals surface area contributed by atoms with Gasteiger partial charge in [-0.1, -0.05) is 0 Å². The SMILES string of the molecule is Cc1cc(C(=O)NCC(N)C2CC2)c(N)c([N+](=O)[O-])c1. The van der Waals surface area contributed by atoms with Crippen LogP contribution in [0.4, 0.5) is 11.4 Å². The average molecular weight is 278 g/mol. The van der Waals surface area contributed by atoms with E-state index in [1.54, 1.807) is 13.0 Å². The van der Waals surface area contributed by atoms with Crippen molar-refractivity contribution in [2.45, 2.75) is 25.8 Å². The van der Waals surface area contributed by atoms with E-state index in [0.29, 0.717) is 18.0 Å². The molecule has 0 aromatic heterocycles. The van der Waals surface area contributed by atoms with Gasteiger partial charge in [-0.25, -0.2) is 0 Å². The van der Waals surface area contributed by atoms with Gasteiger partial charge in [0.05, 0.1) is 10.5 Å². The Kier molecular flexibility index (Phi) is 3.89. The number of aryl methyl sites for hydroxylation is 1. The fourth-order valence-electron chi connectivity index (χ4n) is 2.11. The average Bonchev–Trinajstić information content (AvgIpc) is 3.21. The summed E-state index contributed by atoms with van der Waals surface area (Å²) in [5.41, 5.74) is 12.0. The first-order chi connectivity index (χ1) is 9.40. The number of amides is 1. The summed E-state index contributed by atoms with van der Waals surface area (Å²) in [4.78, 5) is 22.4. The van der Waals surface area contributed by atoms with E-state index in [0.717, 1.165) is 12.8 Å². The van der Waals surface area contributed by atoms with Gasteiger partial charge in [0, 0.05) is 18.7 Å². The van der Waals surface area contributed by atoms with E-state index in [2.05, 4.69) is 5.32 Å². The van der Waals surface area contributed by atoms with Crippen LogP contribution in [0.1, 0.15) is 28.8 Å². The Hall–Kier alpha value is -2.15. The van der Waals surface area contributed by atoms with Crippen molar-refractivity contribution in [2.75, 3.05) is 12.3 Å². The molecule has 0 aliphatic heterocycles. The minimum absolute atomic E-state index is 0.0695. The first kappa shape index (κ1) is 14.3. The van der Waals surface area contributed by atoms with Crippen molar-refractivity contribution in [3.63, 3.8) is 0 Å². The van der Waals surface area contributed by atoms with Gasteiger partial charge in [0.15, 0.2) is 0 Å². The van der Waals surface area contributed by atoms with Crippen LogP contribution < -0.4 is 16.8 Å². The smallest absolute Gasteiger partial charge is 0.293 e. The summed E-state index contributed by atoms with van der Waals surface area (Å²) in [5.74, 6) is 0.0462. The van der Waals surface area contributed by atoms with Crippen LogP contribution in [-0.2, 0) is 0 Å². The number of nitro benzene ring substituents is 1. The summed E-state index contributed by atoms with van der Waals surface area (Å²) in [6.07, 6.45) is 2.18. The van der Waals surface area contributed by atoms with E-state index < -0.39 is 10.8 Å². The molecule has 0 radical (unpaired) electrons. The summed E-state index contributed by atoms with van der Waals surface area (Å²) >= 11 is 0. The van der Waals surface area contributed by atoms with E-state index in [4.69, 9.17) is 11.5 Å². The standard InChI is InChI=1S/C13H18N4O3/c1-7-4-9(12(15)11(5-7)17(19)20)13(18)16-6-10(14)8-2-3-8/h4-5,8,10H,2-3,6,14-15H2,1H3,(H,16,18). The zero-order chi connectivity index (χ0) is 14.9. The highest BCUT2D eigenvalue weighted by molar-refractivity contribution is 6.01. The quantitative estimate of drug-likeness (QED) is 0.420. The normalized spacial score (nSPS) is 15.7. The van der Waals surface area contributed by atoms with Crippen LogP contribution in [0.2, 0.25) is 0 Å². The lowest BCUT2D eigenvalue weighted by molar-refractivity contribution is -0.384. The second kappa shape index (κ2) is 5.46. The number of rotatable bonds is 5. The Morgan fingerprint density at radius 2 is 2.20 bits per heavy atom. The molecule has 1 unspecified atom stereocenters. The second-order valence-electron chi connectivity index (χ2n) is 5.21. The molecular weight excluding hydrogens is 260 g/mol. The third-order valence-corrected chi connectivity index (χ3v) is 3.47. The number of carbonyl (C=O) groups excluding carboxylic acids is 1. The molecular formula is C13H18N4O3. The number of anilines is 1. The topological polar surface area (TPSA) is 124 Å². The largest absolute Gasteiger partial charge is 0.393 e. The molecule has 7 nitrogen and oxygen atoms in total. The highest BCUT2D eigenvalue weighted by Gasteiger charge is 2.29. The molecule has 108 valence electrons. The molecule has 0 bridgehead atoms. The molecule has 20 heavy (non-hydrogen) atoms. The number of nitro groups is 1. The predicted octanol–water partition coefficient (Wildman–Crippen LogP) is 0.953. The lowest BCUT2D eigenvalue weighted by Crippen LogP contribution is -2.38. The highest BCUT2D eigenvalue weighted by Crippen LogP contribution is 2.31. The van der Waals surface area contributed by atoms with Crippen molar-refractivity contribution >= 4 is 17.3 Å². The molecule has 7 heteroatoms. The van der Waals surface area contributed by atoms with Gasteiger partial charge in [-0.15, -0.1) is 0 Å². The third kappa shape index (κ3) is 3.05. The first-order valence-corrected chi connectivity index (χ1v) is 6.48. The van der Waals surface area contributed by atoms with Gasteiger partial charge in [-0.05, 0) is 37.3 Å². The number of hydrogen-bond acceptors (Lipinski definition) is 5. The lowest BCUT2D eigenvalue weighted by Gasteiger charge is -2.13. The van der Waals surface area contributed by atoms with Crippen molar-refractivity contribution in [1.29, 1.82) is 0 Å². The second-order valence-corrected chi connectivity index (χ2v) is 5.21. The fraction of sp³-hybridized carbons (Fsp3) is 0.462. The summed E-state index contributed by atoms with van der Waals surface area (Å²) in [6, 6.07) is 2.82. The van der Waals surface area contributed by atoms with Crippen molar-refractivity contribution in [1.82, 2.24) is 5.32 Å². The summed E-state index contributed by atoms with van der Waals surface area (Å²) < 4.78 is 0. The summed E-state index contributed by atoms with van der Waals surface area (Å²) in [7, 11) is 0. The number of hydrogen-bond donors (Lipinski definition) is 3. The Morgan fingerprint density at radius 1 is 1.55 bits per heavy atom. The molecule has 2 rings (SSSR count). The Labute approximate surface area is 116 Å². The Balaban J connectivity index is 2.14. The fourth-order valence-corrected chi connectivity index (χ4v) is 2.11. The van der Waals surface area contributed by atoms with E-state index in [1.807, 2.05) is 0 Å². The van der Waals surface area contributed by atoms with Crippen LogP contribution in [-0.4, -0.2) is 23.4 Å². The highest BCUT2D eigenvalue weighted by atomic mass is 16.6. The maximum atomic E-state index is 12.1. The Bertz CT molecular complexity index is 555. The van der Waals surface area contributed by atoms with Gasteiger partial charge in [0.1, 0.15) is 5.69 Å². The molecule has 5 N–H and O–H groups in total. The maximum absolute atomic E-state index is 12.1. The molecule has 1 aromatic rings. The molecule has 1 aliphatic rings. The summed E-state index contributed by atoms with van der Waals surface area (Å²) in [5, 5.41) is 13.6.